The number of aliphatic hydroxyl groups excluding tert-OH is 1. The molecule has 6 heteroatoms. The predicted octanol–water partition coefficient (Wildman–Crippen LogP) is 9.48. The van der Waals surface area contributed by atoms with Crippen LogP contribution in [0.3, 0.4) is 0 Å². The molecule has 4 N–H and O–H groups in total. The Bertz CT molecular complexity index is 543. The van der Waals surface area contributed by atoms with Gasteiger partial charge < -0.3 is 21.1 Å². The zero-order valence-electron chi connectivity index (χ0n) is 29.0. The summed E-state index contributed by atoms with van der Waals surface area (Å²) in [5.41, 5.74) is 0. The van der Waals surface area contributed by atoms with Crippen molar-refractivity contribution in [2.24, 2.45) is 0 Å². The second-order valence-corrected chi connectivity index (χ2v) is 12.9. The third-order valence-corrected chi connectivity index (χ3v) is 8.58. The van der Waals surface area contributed by atoms with E-state index < -0.39 is 0 Å². The first-order valence-electron chi connectivity index (χ1n) is 19.0. The topological polar surface area (TPSA) is 90.5 Å². The van der Waals surface area contributed by atoms with Gasteiger partial charge in [-0.25, -0.2) is 0 Å². The van der Waals surface area contributed by atoms with Crippen LogP contribution in [-0.2, 0) is 9.59 Å². The molecule has 0 unspecified atom stereocenters. The maximum Gasteiger partial charge on any atom is 0.221 e. The van der Waals surface area contributed by atoms with Crippen molar-refractivity contribution in [2.45, 2.75) is 206 Å². The zero-order valence-corrected chi connectivity index (χ0v) is 29.0. The molecule has 0 heterocycles. The van der Waals surface area contributed by atoms with Gasteiger partial charge in [0, 0.05) is 19.4 Å². The lowest BCUT2D eigenvalue weighted by Crippen LogP contribution is -2.49. The Kier molecular flexibility index (Phi) is 34.4. The smallest absolute Gasteiger partial charge is 0.221 e. The minimum Gasteiger partial charge on any atom is -0.395 e. The molecule has 0 saturated heterocycles. The van der Waals surface area contributed by atoms with Crippen LogP contribution in [0.25, 0.3) is 0 Å². The average Bonchev–Trinajstić information content (AvgIpc) is 3.00. The molecule has 0 atom stereocenters. The van der Waals surface area contributed by atoms with Gasteiger partial charge in [-0.05, 0) is 25.8 Å². The summed E-state index contributed by atoms with van der Waals surface area (Å²) in [4.78, 5) is 25.2. The quantitative estimate of drug-likeness (QED) is 0.0425. The van der Waals surface area contributed by atoms with Crippen LogP contribution in [-0.4, -0.2) is 42.8 Å². The number of hydrogen-bond acceptors (Lipinski definition) is 4. The zero-order chi connectivity index (χ0) is 31.5. The molecule has 256 valence electrons. The molecule has 43 heavy (non-hydrogen) atoms. The molecular formula is C37H75N3O3. The molecule has 0 aliphatic carbocycles. The lowest BCUT2D eigenvalue weighted by molar-refractivity contribution is -0.124. The highest BCUT2D eigenvalue weighted by molar-refractivity contribution is 5.79. The number of unbranched alkanes of at least 4 members (excludes halogenated alkanes) is 24. The number of nitrogens with one attached hydrogen (secondary N) is 3. The molecular weight excluding hydrogens is 534 g/mol. The van der Waals surface area contributed by atoms with E-state index in [-0.39, 0.29) is 24.6 Å². The van der Waals surface area contributed by atoms with E-state index in [1.807, 2.05) is 0 Å². The lowest BCUT2D eigenvalue weighted by atomic mass is 10.0. The average molecular weight is 610 g/mol. The van der Waals surface area contributed by atoms with Crippen LogP contribution in [0.15, 0.2) is 0 Å². The summed E-state index contributed by atoms with van der Waals surface area (Å²) in [6.07, 6.45) is 34.9. The van der Waals surface area contributed by atoms with Crippen molar-refractivity contribution in [1.82, 2.24) is 16.0 Å². The Labute approximate surface area is 268 Å². The highest BCUT2D eigenvalue weighted by atomic mass is 16.3. The lowest BCUT2D eigenvalue weighted by Gasteiger charge is -2.21. The van der Waals surface area contributed by atoms with Crippen LogP contribution in [0.2, 0.25) is 0 Å². The fraction of sp³-hybridized carbons (Fsp3) is 0.946. The number of carbonyl (C=O) groups excluding carboxylic acids is 2. The van der Waals surface area contributed by atoms with Crippen LogP contribution in [0.1, 0.15) is 200 Å². The summed E-state index contributed by atoms with van der Waals surface area (Å²) in [6, 6.07) is 0. The molecule has 0 aliphatic rings. The van der Waals surface area contributed by atoms with Gasteiger partial charge in [0.05, 0.1) is 6.61 Å². The van der Waals surface area contributed by atoms with E-state index in [1.165, 1.54) is 141 Å². The Morgan fingerprint density at radius 3 is 1.07 bits per heavy atom. The maximum absolute atomic E-state index is 12.6. The van der Waals surface area contributed by atoms with Crippen LogP contribution >= 0.6 is 0 Å². The molecule has 0 fully saturated rings. The van der Waals surface area contributed by atoms with E-state index in [0.717, 1.165) is 25.7 Å². The fourth-order valence-electron chi connectivity index (χ4n) is 5.77. The summed E-state index contributed by atoms with van der Waals surface area (Å²) in [5, 5.41) is 18.3. The Balaban J connectivity index is 3.91. The van der Waals surface area contributed by atoms with Gasteiger partial charge in [-0.3, -0.25) is 9.59 Å². The fourth-order valence-corrected chi connectivity index (χ4v) is 5.77. The Morgan fingerprint density at radius 2 is 0.767 bits per heavy atom. The molecule has 0 aromatic rings. The standard InChI is InChI=1S/C37H75N3O3/c1-3-5-7-9-11-13-15-17-19-21-23-25-27-29-36(42)39-35(31-32-38-33-34-41)40-37(43)30-28-26-24-22-20-18-16-14-12-10-8-6-4-2/h35,38,41H,3-34H2,1-2H3,(H,39,42)(H,40,43). The minimum absolute atomic E-state index is 0.0245. The largest absolute Gasteiger partial charge is 0.395 e. The van der Waals surface area contributed by atoms with E-state index in [2.05, 4.69) is 29.8 Å². The molecule has 0 radical (unpaired) electrons. The molecule has 0 aliphatic heterocycles. The van der Waals surface area contributed by atoms with Gasteiger partial charge in [-0.1, -0.05) is 168 Å². The van der Waals surface area contributed by atoms with Crippen molar-refractivity contribution in [3.8, 4) is 0 Å². The molecule has 0 rings (SSSR count). The van der Waals surface area contributed by atoms with Crippen molar-refractivity contribution >= 4 is 11.8 Å². The first-order valence-corrected chi connectivity index (χ1v) is 19.0. The summed E-state index contributed by atoms with van der Waals surface area (Å²) < 4.78 is 0. The second-order valence-electron chi connectivity index (χ2n) is 12.9. The van der Waals surface area contributed by atoms with Crippen molar-refractivity contribution in [1.29, 1.82) is 0 Å². The van der Waals surface area contributed by atoms with Crippen LogP contribution in [0.5, 0.6) is 0 Å². The molecule has 0 spiro atoms. The van der Waals surface area contributed by atoms with Gasteiger partial charge in [0.15, 0.2) is 0 Å². The van der Waals surface area contributed by atoms with Crippen molar-refractivity contribution < 1.29 is 14.7 Å². The Hall–Kier alpha value is -1.14. The molecule has 2 amide bonds. The predicted molar refractivity (Wildman–Crippen MR) is 185 cm³/mol. The van der Waals surface area contributed by atoms with Gasteiger partial charge in [0.1, 0.15) is 6.17 Å². The molecule has 0 aromatic carbocycles. The van der Waals surface area contributed by atoms with Gasteiger partial charge in [-0.15, -0.1) is 0 Å². The molecule has 0 saturated carbocycles. The molecule has 6 nitrogen and oxygen atoms in total. The van der Waals surface area contributed by atoms with E-state index in [1.54, 1.807) is 0 Å². The third kappa shape index (κ3) is 33.6. The van der Waals surface area contributed by atoms with E-state index in [9.17, 15) is 9.59 Å². The summed E-state index contributed by atoms with van der Waals surface area (Å²) in [6.45, 7) is 5.79. The van der Waals surface area contributed by atoms with Crippen molar-refractivity contribution in [3.63, 3.8) is 0 Å². The highest BCUT2D eigenvalue weighted by Crippen LogP contribution is 2.14. The van der Waals surface area contributed by atoms with E-state index >= 15 is 0 Å². The summed E-state index contributed by atoms with van der Waals surface area (Å²) in [7, 11) is 0. The number of carbonyl (C=O) groups is 2. The monoisotopic (exact) mass is 610 g/mol. The van der Waals surface area contributed by atoms with Gasteiger partial charge in [0.25, 0.3) is 0 Å². The maximum atomic E-state index is 12.6. The van der Waals surface area contributed by atoms with Crippen LogP contribution in [0.4, 0.5) is 0 Å². The van der Waals surface area contributed by atoms with Gasteiger partial charge in [0.2, 0.25) is 11.8 Å². The summed E-state index contributed by atoms with van der Waals surface area (Å²) >= 11 is 0. The normalized spacial score (nSPS) is 11.3. The van der Waals surface area contributed by atoms with Gasteiger partial charge >= 0.3 is 0 Å². The minimum atomic E-state index is -0.352. The number of amides is 2. The second kappa shape index (κ2) is 35.3. The first-order chi connectivity index (χ1) is 21.1. The highest BCUT2D eigenvalue weighted by Gasteiger charge is 2.14. The van der Waals surface area contributed by atoms with Crippen molar-refractivity contribution in [2.75, 3.05) is 19.7 Å². The summed E-state index contributed by atoms with van der Waals surface area (Å²) in [5.74, 6) is 0.0491. The number of rotatable bonds is 35. The van der Waals surface area contributed by atoms with Crippen LogP contribution < -0.4 is 16.0 Å². The number of hydrogen-bond donors (Lipinski definition) is 4. The first kappa shape index (κ1) is 41.9. The van der Waals surface area contributed by atoms with E-state index in [0.29, 0.717) is 32.4 Å². The third-order valence-electron chi connectivity index (χ3n) is 8.58. The molecule has 0 bridgehead atoms. The SMILES string of the molecule is CCCCCCCCCCCCCCCC(=O)NC(CCNCCO)NC(=O)CCCCCCCCCCCCCCC. The van der Waals surface area contributed by atoms with Gasteiger partial charge in [-0.2, -0.15) is 0 Å². The van der Waals surface area contributed by atoms with Crippen molar-refractivity contribution in [3.05, 3.63) is 0 Å². The molecule has 0 aromatic heterocycles. The van der Waals surface area contributed by atoms with Crippen LogP contribution in [0, 0.1) is 0 Å². The number of aliphatic hydroxyl groups is 1. The van der Waals surface area contributed by atoms with E-state index in [4.69, 9.17) is 5.11 Å². The Morgan fingerprint density at radius 1 is 0.465 bits per heavy atom.